The van der Waals surface area contributed by atoms with Crippen LogP contribution >= 0.6 is 11.6 Å². The number of nitrogens with one attached hydrogen (secondary N) is 1. The molecule has 6 heteroatoms. The summed E-state index contributed by atoms with van der Waals surface area (Å²) < 4.78 is 0. The maximum absolute atomic E-state index is 11.4. The minimum atomic E-state index is -0.838. The lowest BCUT2D eigenvalue weighted by Gasteiger charge is -2.27. The van der Waals surface area contributed by atoms with Crippen LogP contribution in [0.3, 0.4) is 0 Å². The Labute approximate surface area is 150 Å². The summed E-state index contributed by atoms with van der Waals surface area (Å²) in [5.74, 6) is 0.963. The normalized spacial score (nSPS) is 28.6. The third-order valence-electron chi connectivity index (χ3n) is 5.82. The van der Waals surface area contributed by atoms with Crippen LogP contribution in [0.25, 0.3) is 10.9 Å². The SMILES string of the molecule is O[C@]1(c2cc(Cl)cc3cn[nH]c23)C[C@H]2CN(c3ccncc3)C[C@H]2C1. The van der Waals surface area contributed by atoms with Crippen molar-refractivity contribution in [3.63, 3.8) is 0 Å². The zero-order chi connectivity index (χ0) is 17.0. The number of aromatic amines is 1. The maximum Gasteiger partial charge on any atom is 0.0924 e. The highest BCUT2D eigenvalue weighted by atomic mass is 35.5. The summed E-state index contributed by atoms with van der Waals surface area (Å²) in [5.41, 5.74) is 2.16. The zero-order valence-electron chi connectivity index (χ0n) is 13.7. The van der Waals surface area contributed by atoms with Crippen molar-refractivity contribution >= 4 is 28.2 Å². The van der Waals surface area contributed by atoms with Crippen LogP contribution in [0.15, 0.2) is 42.9 Å². The quantitative estimate of drug-likeness (QED) is 0.740. The van der Waals surface area contributed by atoms with E-state index in [-0.39, 0.29) is 0 Å². The van der Waals surface area contributed by atoms with E-state index in [0.29, 0.717) is 16.9 Å². The monoisotopic (exact) mass is 354 g/mol. The molecular weight excluding hydrogens is 336 g/mol. The molecule has 1 aliphatic heterocycles. The van der Waals surface area contributed by atoms with E-state index in [2.05, 4.69) is 32.2 Å². The summed E-state index contributed by atoms with van der Waals surface area (Å²) in [4.78, 5) is 6.50. The molecule has 25 heavy (non-hydrogen) atoms. The third kappa shape index (κ3) is 2.41. The van der Waals surface area contributed by atoms with Crippen molar-refractivity contribution in [3.05, 3.63) is 53.4 Å². The summed E-state index contributed by atoms with van der Waals surface area (Å²) in [5, 5.41) is 20.2. The van der Waals surface area contributed by atoms with E-state index in [4.69, 9.17) is 11.6 Å². The number of H-pyrrole nitrogens is 1. The molecule has 3 atom stereocenters. The minimum absolute atomic E-state index is 0.482. The Bertz CT molecular complexity index is 912. The maximum atomic E-state index is 11.4. The van der Waals surface area contributed by atoms with E-state index in [0.717, 1.165) is 42.4 Å². The van der Waals surface area contributed by atoms with Gasteiger partial charge in [-0.2, -0.15) is 5.10 Å². The van der Waals surface area contributed by atoms with Gasteiger partial charge >= 0.3 is 0 Å². The molecule has 0 radical (unpaired) electrons. The molecule has 1 saturated heterocycles. The molecule has 2 N–H and O–H groups in total. The fraction of sp³-hybridized carbons (Fsp3) is 0.368. The Hall–Kier alpha value is -2.11. The molecule has 128 valence electrons. The molecule has 5 nitrogen and oxygen atoms in total. The van der Waals surface area contributed by atoms with Crippen LogP contribution in [-0.2, 0) is 5.60 Å². The van der Waals surface area contributed by atoms with E-state index < -0.39 is 5.60 Å². The molecule has 2 aromatic heterocycles. The van der Waals surface area contributed by atoms with Crippen molar-refractivity contribution in [3.8, 4) is 0 Å². The summed E-state index contributed by atoms with van der Waals surface area (Å²) in [6.07, 6.45) is 6.94. The lowest BCUT2D eigenvalue weighted by molar-refractivity contribution is 0.0379. The summed E-state index contributed by atoms with van der Waals surface area (Å²) >= 11 is 6.28. The van der Waals surface area contributed by atoms with Gasteiger partial charge in [0, 0.05) is 47.1 Å². The Balaban J connectivity index is 1.44. The first-order valence-electron chi connectivity index (χ1n) is 8.63. The van der Waals surface area contributed by atoms with E-state index >= 15 is 0 Å². The van der Waals surface area contributed by atoms with Gasteiger partial charge in [-0.25, -0.2) is 0 Å². The summed E-state index contributed by atoms with van der Waals surface area (Å²) in [6.45, 7) is 1.95. The Morgan fingerprint density at radius 1 is 1.16 bits per heavy atom. The van der Waals surface area contributed by atoms with Crippen LogP contribution in [0.2, 0.25) is 5.02 Å². The lowest BCUT2D eigenvalue weighted by Crippen LogP contribution is -2.28. The third-order valence-corrected chi connectivity index (χ3v) is 6.04. The van der Waals surface area contributed by atoms with Gasteiger partial charge in [0.2, 0.25) is 0 Å². The molecule has 0 bridgehead atoms. The lowest BCUT2D eigenvalue weighted by atomic mass is 9.89. The highest BCUT2D eigenvalue weighted by Gasteiger charge is 2.49. The zero-order valence-corrected chi connectivity index (χ0v) is 14.4. The second-order valence-corrected chi connectivity index (χ2v) is 7.79. The number of hydrogen-bond donors (Lipinski definition) is 2. The number of fused-ring (bicyclic) bond motifs is 2. The average Bonchev–Trinajstić information content (AvgIpc) is 3.28. The molecule has 3 aromatic rings. The molecule has 1 saturated carbocycles. The van der Waals surface area contributed by atoms with Crippen molar-refractivity contribution in [2.24, 2.45) is 11.8 Å². The van der Waals surface area contributed by atoms with Crippen LogP contribution in [0, 0.1) is 11.8 Å². The van der Waals surface area contributed by atoms with Gasteiger partial charge in [-0.15, -0.1) is 0 Å². The highest BCUT2D eigenvalue weighted by molar-refractivity contribution is 6.31. The fourth-order valence-corrected chi connectivity index (χ4v) is 4.95. The predicted octanol–water partition coefficient (Wildman–Crippen LogP) is 3.35. The second-order valence-electron chi connectivity index (χ2n) is 7.36. The number of anilines is 1. The predicted molar refractivity (Wildman–Crippen MR) is 97.7 cm³/mol. The van der Waals surface area contributed by atoms with Gasteiger partial charge in [0.1, 0.15) is 0 Å². The molecular formula is C19H19ClN4O. The standard InChI is InChI=1S/C19H19ClN4O/c20-15-5-12-9-22-23-18(12)17(6-15)19(25)7-13-10-24(11-14(13)8-19)16-1-3-21-4-2-16/h1-6,9,13-14,25H,7-8,10-11H2,(H,22,23)/t13-,14+,19+. The van der Waals surface area contributed by atoms with Crippen molar-refractivity contribution in [2.45, 2.75) is 18.4 Å². The minimum Gasteiger partial charge on any atom is -0.385 e. The van der Waals surface area contributed by atoms with Crippen LogP contribution < -0.4 is 4.90 Å². The van der Waals surface area contributed by atoms with Crippen molar-refractivity contribution in [2.75, 3.05) is 18.0 Å². The number of rotatable bonds is 2. The molecule has 2 aliphatic rings. The van der Waals surface area contributed by atoms with Crippen molar-refractivity contribution in [1.82, 2.24) is 15.2 Å². The van der Waals surface area contributed by atoms with Gasteiger partial charge in [0.25, 0.3) is 0 Å². The Kier molecular flexibility index (Phi) is 3.30. The number of halogens is 1. The number of benzene rings is 1. The van der Waals surface area contributed by atoms with Gasteiger partial charge in [0.15, 0.2) is 0 Å². The first kappa shape index (κ1) is 15.2. The second kappa shape index (κ2) is 5.44. The molecule has 3 heterocycles. The van der Waals surface area contributed by atoms with Crippen LogP contribution in [-0.4, -0.2) is 33.4 Å². The molecule has 2 fully saturated rings. The Morgan fingerprint density at radius 3 is 2.60 bits per heavy atom. The number of pyridine rings is 1. The molecule has 1 aromatic carbocycles. The molecule has 0 unspecified atom stereocenters. The van der Waals surface area contributed by atoms with E-state index in [1.54, 1.807) is 6.20 Å². The van der Waals surface area contributed by atoms with Gasteiger partial charge < -0.3 is 10.0 Å². The van der Waals surface area contributed by atoms with Crippen molar-refractivity contribution < 1.29 is 5.11 Å². The van der Waals surface area contributed by atoms with Crippen molar-refractivity contribution in [1.29, 1.82) is 0 Å². The molecule has 0 amide bonds. The van der Waals surface area contributed by atoms with Gasteiger partial charge in [-0.1, -0.05) is 11.6 Å². The largest absolute Gasteiger partial charge is 0.385 e. The van der Waals surface area contributed by atoms with Gasteiger partial charge in [-0.3, -0.25) is 10.1 Å². The fourth-order valence-electron chi connectivity index (χ4n) is 4.73. The van der Waals surface area contributed by atoms with E-state index in [1.807, 2.05) is 24.5 Å². The van der Waals surface area contributed by atoms with Crippen LogP contribution in [0.4, 0.5) is 5.69 Å². The number of nitrogens with zero attached hydrogens (tertiary/aromatic N) is 3. The highest BCUT2D eigenvalue weighted by Crippen LogP contribution is 2.51. The molecule has 1 aliphatic carbocycles. The number of aliphatic hydroxyl groups is 1. The Morgan fingerprint density at radius 2 is 1.88 bits per heavy atom. The van der Waals surface area contributed by atoms with E-state index in [1.165, 1.54) is 5.69 Å². The summed E-state index contributed by atoms with van der Waals surface area (Å²) in [7, 11) is 0. The van der Waals surface area contributed by atoms with Crippen LogP contribution in [0.1, 0.15) is 18.4 Å². The molecule has 0 spiro atoms. The topological polar surface area (TPSA) is 65.0 Å². The first-order chi connectivity index (χ1) is 12.1. The smallest absolute Gasteiger partial charge is 0.0924 e. The number of aromatic nitrogens is 3. The molecule has 5 rings (SSSR count). The van der Waals surface area contributed by atoms with Gasteiger partial charge in [0.05, 0.1) is 17.3 Å². The van der Waals surface area contributed by atoms with E-state index in [9.17, 15) is 5.11 Å². The summed E-state index contributed by atoms with van der Waals surface area (Å²) in [6, 6.07) is 7.88. The first-order valence-corrected chi connectivity index (χ1v) is 9.01. The number of hydrogen-bond acceptors (Lipinski definition) is 4. The van der Waals surface area contributed by atoms with Gasteiger partial charge in [-0.05, 0) is 48.9 Å². The van der Waals surface area contributed by atoms with Crippen LogP contribution in [0.5, 0.6) is 0 Å². The average molecular weight is 355 g/mol.